The van der Waals surface area contributed by atoms with Crippen molar-refractivity contribution in [1.82, 2.24) is 10.3 Å². The first-order valence-corrected chi connectivity index (χ1v) is 8.81. The Morgan fingerprint density at radius 2 is 1.72 bits per heavy atom. The molecule has 0 atom stereocenters. The van der Waals surface area contributed by atoms with Crippen LogP contribution in [0.15, 0.2) is 54.6 Å². The van der Waals surface area contributed by atoms with E-state index < -0.39 is 0 Å². The van der Waals surface area contributed by atoms with Gasteiger partial charge in [-0.2, -0.15) is 0 Å². The summed E-state index contributed by atoms with van der Waals surface area (Å²) in [6.07, 6.45) is 0.972. The van der Waals surface area contributed by atoms with E-state index in [0.29, 0.717) is 12.5 Å². The van der Waals surface area contributed by atoms with Gasteiger partial charge in [0.15, 0.2) is 0 Å². The Labute approximate surface area is 149 Å². The summed E-state index contributed by atoms with van der Waals surface area (Å²) in [6.45, 7) is 6.99. The minimum atomic E-state index is -0.0195. The van der Waals surface area contributed by atoms with Crippen LogP contribution in [0.4, 0.5) is 0 Å². The Hall–Kier alpha value is -2.68. The molecule has 0 aliphatic heterocycles. The Kier molecular flexibility index (Phi) is 5.13. The van der Waals surface area contributed by atoms with Gasteiger partial charge in [-0.3, -0.25) is 4.79 Å². The van der Waals surface area contributed by atoms with Crippen LogP contribution in [0.5, 0.6) is 0 Å². The number of hydrogen-bond donors (Lipinski definition) is 1. The Bertz CT molecular complexity index is 885. The molecule has 0 fully saturated rings. The van der Waals surface area contributed by atoms with E-state index >= 15 is 0 Å². The lowest BCUT2D eigenvalue weighted by molar-refractivity contribution is 0.0953. The highest BCUT2D eigenvalue weighted by Crippen LogP contribution is 2.29. The monoisotopic (exact) mass is 332 g/mol. The number of benzene rings is 2. The first kappa shape index (κ1) is 17.2. The molecular formula is C22H24N2O. The molecule has 3 aromatic rings. The molecule has 128 valence electrons. The van der Waals surface area contributed by atoms with Gasteiger partial charge in [0.1, 0.15) is 0 Å². The lowest BCUT2D eigenvalue weighted by Gasteiger charge is -2.15. The van der Waals surface area contributed by atoms with Crippen molar-refractivity contribution in [3.05, 3.63) is 65.7 Å². The van der Waals surface area contributed by atoms with Gasteiger partial charge in [-0.25, -0.2) is 4.98 Å². The van der Waals surface area contributed by atoms with Crippen molar-refractivity contribution in [1.29, 1.82) is 0 Å². The van der Waals surface area contributed by atoms with E-state index in [1.807, 2.05) is 61.5 Å². The zero-order valence-electron chi connectivity index (χ0n) is 15.0. The van der Waals surface area contributed by atoms with Gasteiger partial charge in [0.05, 0.1) is 16.8 Å². The van der Waals surface area contributed by atoms with E-state index in [9.17, 15) is 4.79 Å². The number of hydrogen-bond acceptors (Lipinski definition) is 2. The normalized spacial score (nSPS) is 11.0. The Morgan fingerprint density at radius 1 is 1.04 bits per heavy atom. The predicted molar refractivity (Wildman–Crippen MR) is 104 cm³/mol. The molecule has 1 amide bonds. The highest BCUT2D eigenvalue weighted by Gasteiger charge is 2.18. The van der Waals surface area contributed by atoms with E-state index in [1.54, 1.807) is 0 Å². The maximum Gasteiger partial charge on any atom is 0.252 e. The average Bonchev–Trinajstić information content (AvgIpc) is 2.61. The van der Waals surface area contributed by atoms with Gasteiger partial charge < -0.3 is 5.32 Å². The molecule has 1 aromatic heterocycles. The SMILES string of the molecule is Cc1c(-c2ccccc2)nc2ccccc2c1C(=O)NCCC(C)C. The van der Waals surface area contributed by atoms with Gasteiger partial charge in [0, 0.05) is 17.5 Å². The lowest BCUT2D eigenvalue weighted by Crippen LogP contribution is -2.26. The van der Waals surface area contributed by atoms with E-state index in [1.165, 1.54) is 0 Å². The van der Waals surface area contributed by atoms with Crippen molar-refractivity contribution < 1.29 is 4.79 Å². The zero-order valence-corrected chi connectivity index (χ0v) is 15.0. The molecule has 1 N–H and O–H groups in total. The number of pyridine rings is 1. The molecule has 0 saturated heterocycles. The molecule has 0 saturated carbocycles. The first-order chi connectivity index (χ1) is 12.1. The van der Waals surface area contributed by atoms with Gasteiger partial charge in [0.2, 0.25) is 0 Å². The number of para-hydroxylation sites is 1. The molecule has 0 spiro atoms. The van der Waals surface area contributed by atoms with Crippen molar-refractivity contribution in [2.24, 2.45) is 5.92 Å². The second kappa shape index (κ2) is 7.47. The fourth-order valence-electron chi connectivity index (χ4n) is 3.04. The number of amides is 1. The highest BCUT2D eigenvalue weighted by molar-refractivity contribution is 6.08. The molecule has 0 bridgehead atoms. The van der Waals surface area contributed by atoms with Crippen molar-refractivity contribution in [3.8, 4) is 11.3 Å². The fourth-order valence-corrected chi connectivity index (χ4v) is 3.04. The topological polar surface area (TPSA) is 42.0 Å². The summed E-state index contributed by atoms with van der Waals surface area (Å²) in [5, 5.41) is 3.98. The van der Waals surface area contributed by atoms with Crippen LogP contribution >= 0.6 is 0 Å². The summed E-state index contributed by atoms with van der Waals surface area (Å²) >= 11 is 0. The number of rotatable bonds is 5. The lowest BCUT2D eigenvalue weighted by atomic mass is 9.97. The van der Waals surface area contributed by atoms with Crippen molar-refractivity contribution >= 4 is 16.8 Å². The van der Waals surface area contributed by atoms with E-state index in [-0.39, 0.29) is 5.91 Å². The van der Waals surface area contributed by atoms with Crippen LogP contribution in [0, 0.1) is 12.8 Å². The predicted octanol–water partition coefficient (Wildman–Crippen LogP) is 4.99. The van der Waals surface area contributed by atoms with Gasteiger partial charge >= 0.3 is 0 Å². The molecule has 25 heavy (non-hydrogen) atoms. The van der Waals surface area contributed by atoms with Gasteiger partial charge in [-0.15, -0.1) is 0 Å². The second-order valence-corrected chi connectivity index (χ2v) is 6.78. The second-order valence-electron chi connectivity index (χ2n) is 6.78. The average molecular weight is 332 g/mol. The maximum absolute atomic E-state index is 12.9. The molecular weight excluding hydrogens is 308 g/mol. The van der Waals surface area contributed by atoms with Crippen LogP contribution < -0.4 is 5.32 Å². The summed E-state index contributed by atoms with van der Waals surface area (Å²) < 4.78 is 0. The smallest absolute Gasteiger partial charge is 0.252 e. The van der Waals surface area contributed by atoms with Crippen LogP contribution in [0.25, 0.3) is 22.2 Å². The molecule has 0 aliphatic carbocycles. The molecule has 3 nitrogen and oxygen atoms in total. The highest BCUT2D eigenvalue weighted by atomic mass is 16.1. The summed E-state index contributed by atoms with van der Waals surface area (Å²) in [5.41, 5.74) is 4.40. The summed E-state index contributed by atoms with van der Waals surface area (Å²) in [6, 6.07) is 17.9. The summed E-state index contributed by atoms with van der Waals surface area (Å²) in [7, 11) is 0. The van der Waals surface area contributed by atoms with Crippen molar-refractivity contribution in [2.45, 2.75) is 27.2 Å². The van der Waals surface area contributed by atoms with E-state index in [4.69, 9.17) is 4.98 Å². The number of fused-ring (bicyclic) bond motifs is 1. The first-order valence-electron chi connectivity index (χ1n) is 8.81. The van der Waals surface area contributed by atoms with Crippen LogP contribution in [0.3, 0.4) is 0 Å². The Morgan fingerprint density at radius 3 is 2.44 bits per heavy atom. The maximum atomic E-state index is 12.9. The van der Waals surface area contributed by atoms with Crippen molar-refractivity contribution in [3.63, 3.8) is 0 Å². The minimum absolute atomic E-state index is 0.0195. The van der Waals surface area contributed by atoms with Gasteiger partial charge in [-0.05, 0) is 30.9 Å². The molecule has 3 heteroatoms. The molecule has 0 radical (unpaired) electrons. The molecule has 0 unspecified atom stereocenters. The number of aromatic nitrogens is 1. The third-order valence-electron chi connectivity index (χ3n) is 4.42. The molecule has 3 rings (SSSR count). The largest absolute Gasteiger partial charge is 0.352 e. The Balaban J connectivity index is 2.09. The van der Waals surface area contributed by atoms with Crippen molar-refractivity contribution in [2.75, 3.05) is 6.54 Å². The number of carbonyl (C=O) groups excluding carboxylic acids is 1. The van der Waals surface area contributed by atoms with E-state index in [0.717, 1.165) is 39.7 Å². The van der Waals surface area contributed by atoms with Gasteiger partial charge in [-0.1, -0.05) is 62.4 Å². The standard InChI is InChI=1S/C22H24N2O/c1-15(2)13-14-23-22(25)20-16(3)21(17-9-5-4-6-10-17)24-19-12-8-7-11-18(19)20/h4-12,15H,13-14H2,1-3H3,(H,23,25). The van der Waals surface area contributed by atoms with Crippen LogP contribution in [-0.4, -0.2) is 17.4 Å². The molecule has 1 heterocycles. The quantitative estimate of drug-likeness (QED) is 0.715. The molecule has 2 aromatic carbocycles. The van der Waals surface area contributed by atoms with Crippen LogP contribution in [-0.2, 0) is 0 Å². The summed E-state index contributed by atoms with van der Waals surface area (Å²) in [4.78, 5) is 17.7. The minimum Gasteiger partial charge on any atom is -0.352 e. The zero-order chi connectivity index (χ0) is 17.8. The number of carbonyl (C=O) groups is 1. The number of nitrogens with one attached hydrogen (secondary N) is 1. The van der Waals surface area contributed by atoms with Crippen LogP contribution in [0.2, 0.25) is 0 Å². The third-order valence-corrected chi connectivity index (χ3v) is 4.42. The van der Waals surface area contributed by atoms with Gasteiger partial charge in [0.25, 0.3) is 5.91 Å². The molecule has 0 aliphatic rings. The third kappa shape index (κ3) is 3.71. The van der Waals surface area contributed by atoms with E-state index in [2.05, 4.69) is 19.2 Å². The van der Waals surface area contributed by atoms with Crippen LogP contribution in [0.1, 0.15) is 36.2 Å². The fraction of sp³-hybridized carbons (Fsp3) is 0.273. The summed E-state index contributed by atoms with van der Waals surface area (Å²) in [5.74, 6) is 0.546. The number of nitrogens with zero attached hydrogens (tertiary/aromatic N) is 1.